The second-order valence-electron chi connectivity index (χ2n) is 9.04. The molecule has 2 heterocycles. The van der Waals surface area contributed by atoms with Gasteiger partial charge in [0.15, 0.2) is 0 Å². The molecule has 0 spiro atoms. The van der Waals surface area contributed by atoms with E-state index in [9.17, 15) is 4.79 Å². The molecule has 2 aromatic heterocycles. The molecule has 39 heavy (non-hydrogen) atoms. The average Bonchev–Trinajstić information content (AvgIpc) is 2.91. The smallest absolute Gasteiger partial charge is 0.278 e. The van der Waals surface area contributed by atoms with E-state index in [-0.39, 0.29) is 5.91 Å². The summed E-state index contributed by atoms with van der Waals surface area (Å²) in [5.41, 5.74) is 7.29. The predicted octanol–water partition coefficient (Wildman–Crippen LogP) is 6.00. The molecule has 0 bridgehead atoms. The monoisotopic (exact) mass is 552 g/mol. The molecule has 11 heteroatoms. The van der Waals surface area contributed by atoms with Crippen LogP contribution in [0.2, 0.25) is 0 Å². The first-order chi connectivity index (χ1) is 18.8. The standard InChI is InChI=1S/C28H40N8O2S/c1-8-13-36(14-9-2)21-11-12-23(25(16-21)35(6)39-7)32-24-17-26(29-18-22(24)28(37)34-38-10-3)33-27-15-19(4)30-20(5)31-27/h11-12,15-18H,8-10,13-14H2,1-7H3,(H,34,37)(H2,29,30,31,32,33). The number of carbonyl (C=O) groups is 1. The number of pyridine rings is 1. The Morgan fingerprint density at radius 3 is 2.36 bits per heavy atom. The van der Waals surface area contributed by atoms with Crippen molar-refractivity contribution >= 4 is 52.2 Å². The third-order valence-electron chi connectivity index (χ3n) is 5.90. The van der Waals surface area contributed by atoms with Gasteiger partial charge in [0, 0.05) is 56.1 Å². The van der Waals surface area contributed by atoms with E-state index in [4.69, 9.17) is 4.84 Å². The van der Waals surface area contributed by atoms with Crippen molar-refractivity contribution in [3.05, 3.63) is 53.6 Å². The molecule has 0 aliphatic heterocycles. The predicted molar refractivity (Wildman–Crippen MR) is 163 cm³/mol. The van der Waals surface area contributed by atoms with E-state index in [1.54, 1.807) is 18.0 Å². The largest absolute Gasteiger partial charge is 0.371 e. The molecule has 0 aliphatic rings. The van der Waals surface area contributed by atoms with Gasteiger partial charge in [-0.3, -0.25) is 9.63 Å². The van der Waals surface area contributed by atoms with Gasteiger partial charge < -0.3 is 19.8 Å². The first kappa shape index (κ1) is 30.0. The van der Waals surface area contributed by atoms with Crippen LogP contribution < -0.4 is 25.3 Å². The zero-order valence-electron chi connectivity index (χ0n) is 24.0. The number of aryl methyl sites for hydroxylation is 2. The fourth-order valence-electron chi connectivity index (χ4n) is 4.15. The summed E-state index contributed by atoms with van der Waals surface area (Å²) in [7, 11) is 2.03. The lowest BCUT2D eigenvalue weighted by atomic mass is 10.1. The molecule has 0 radical (unpaired) electrons. The molecule has 1 amide bonds. The quantitative estimate of drug-likeness (QED) is 0.163. The number of rotatable bonds is 14. The molecule has 3 aromatic rings. The number of carbonyl (C=O) groups excluding carboxylic acids is 1. The molecule has 0 unspecified atom stereocenters. The van der Waals surface area contributed by atoms with Gasteiger partial charge >= 0.3 is 0 Å². The Kier molecular flexibility index (Phi) is 11.2. The third-order valence-corrected chi connectivity index (χ3v) is 6.64. The highest BCUT2D eigenvalue weighted by atomic mass is 32.2. The molecule has 3 N–H and O–H groups in total. The van der Waals surface area contributed by atoms with Gasteiger partial charge in [0.25, 0.3) is 5.91 Å². The Labute approximate surface area is 236 Å². The Morgan fingerprint density at radius 1 is 0.974 bits per heavy atom. The second-order valence-corrected chi connectivity index (χ2v) is 9.95. The topological polar surface area (TPSA) is 108 Å². The van der Waals surface area contributed by atoms with Crippen LogP contribution in [0.1, 0.15) is 55.5 Å². The van der Waals surface area contributed by atoms with Crippen molar-refractivity contribution in [3.63, 3.8) is 0 Å². The number of anilines is 6. The fourth-order valence-corrected chi connectivity index (χ4v) is 4.50. The van der Waals surface area contributed by atoms with E-state index in [2.05, 4.69) is 72.3 Å². The van der Waals surface area contributed by atoms with Gasteiger partial charge in [-0.15, -0.1) is 0 Å². The van der Waals surface area contributed by atoms with Gasteiger partial charge in [-0.25, -0.2) is 20.4 Å². The zero-order chi connectivity index (χ0) is 28.4. The van der Waals surface area contributed by atoms with Crippen LogP contribution in [0.15, 0.2) is 36.5 Å². The van der Waals surface area contributed by atoms with Gasteiger partial charge in [-0.05, 0) is 51.8 Å². The van der Waals surface area contributed by atoms with Crippen LogP contribution in [-0.4, -0.2) is 53.9 Å². The minimum atomic E-state index is -0.388. The lowest BCUT2D eigenvalue weighted by Gasteiger charge is -2.27. The lowest BCUT2D eigenvalue weighted by molar-refractivity contribution is 0.0365. The number of hydrogen-bond donors (Lipinski definition) is 3. The fraction of sp³-hybridized carbons (Fsp3) is 0.429. The Hall–Kier alpha value is -3.57. The molecule has 0 fully saturated rings. The van der Waals surface area contributed by atoms with Crippen LogP contribution in [0.25, 0.3) is 0 Å². The Bertz CT molecular complexity index is 1230. The van der Waals surface area contributed by atoms with Crippen LogP contribution in [0.4, 0.5) is 34.4 Å². The van der Waals surface area contributed by atoms with Gasteiger partial charge in [0.05, 0.1) is 29.2 Å². The zero-order valence-corrected chi connectivity index (χ0v) is 24.8. The highest BCUT2D eigenvalue weighted by Crippen LogP contribution is 2.36. The molecule has 1 aromatic carbocycles. The van der Waals surface area contributed by atoms with Crippen LogP contribution >= 0.6 is 11.9 Å². The summed E-state index contributed by atoms with van der Waals surface area (Å²) in [4.78, 5) is 33.8. The molecular weight excluding hydrogens is 512 g/mol. The summed E-state index contributed by atoms with van der Waals surface area (Å²) < 4.78 is 2.11. The summed E-state index contributed by atoms with van der Waals surface area (Å²) in [6.45, 7) is 12.3. The molecular formula is C28H40N8O2S. The van der Waals surface area contributed by atoms with Gasteiger partial charge in [-0.2, -0.15) is 0 Å². The van der Waals surface area contributed by atoms with Crippen molar-refractivity contribution in [1.82, 2.24) is 20.4 Å². The van der Waals surface area contributed by atoms with Gasteiger partial charge in [0.2, 0.25) is 0 Å². The maximum absolute atomic E-state index is 13.0. The summed E-state index contributed by atoms with van der Waals surface area (Å²) >= 11 is 1.62. The summed E-state index contributed by atoms with van der Waals surface area (Å²) in [6, 6.07) is 10.0. The van der Waals surface area contributed by atoms with Crippen LogP contribution in [0.3, 0.4) is 0 Å². The summed E-state index contributed by atoms with van der Waals surface area (Å²) in [6.07, 6.45) is 5.71. The molecule has 0 saturated heterocycles. The number of amides is 1. The normalized spacial score (nSPS) is 10.7. The highest BCUT2D eigenvalue weighted by molar-refractivity contribution is 7.99. The molecule has 0 atom stereocenters. The number of hydroxylamine groups is 1. The van der Waals surface area contributed by atoms with Crippen LogP contribution in [0.5, 0.6) is 0 Å². The van der Waals surface area contributed by atoms with E-state index in [1.165, 1.54) is 11.9 Å². The minimum absolute atomic E-state index is 0.351. The van der Waals surface area contributed by atoms with Crippen molar-refractivity contribution in [2.24, 2.45) is 0 Å². The maximum atomic E-state index is 13.0. The van der Waals surface area contributed by atoms with E-state index >= 15 is 0 Å². The Balaban J connectivity index is 2.04. The highest BCUT2D eigenvalue weighted by Gasteiger charge is 2.18. The minimum Gasteiger partial charge on any atom is -0.371 e. The number of nitrogens with zero attached hydrogens (tertiary/aromatic N) is 5. The number of benzene rings is 1. The van der Waals surface area contributed by atoms with Gasteiger partial charge in [0.1, 0.15) is 17.5 Å². The molecule has 0 saturated carbocycles. The van der Waals surface area contributed by atoms with Crippen LogP contribution in [-0.2, 0) is 4.84 Å². The van der Waals surface area contributed by atoms with Crippen molar-refractivity contribution in [1.29, 1.82) is 0 Å². The third kappa shape index (κ3) is 8.21. The number of aromatic nitrogens is 3. The summed E-state index contributed by atoms with van der Waals surface area (Å²) in [5, 5.41) is 6.73. The van der Waals surface area contributed by atoms with E-state index in [0.717, 1.165) is 43.0 Å². The SMILES string of the molecule is CCCN(CCC)c1ccc(Nc2cc(Nc3cc(C)nc(C)n3)ncc2C(=O)NOCC)c(N(C)SC)c1. The maximum Gasteiger partial charge on any atom is 0.278 e. The molecule has 10 nitrogen and oxygen atoms in total. The van der Waals surface area contributed by atoms with Crippen LogP contribution in [0, 0.1) is 13.8 Å². The molecule has 0 aliphatic carbocycles. The van der Waals surface area contributed by atoms with E-state index in [0.29, 0.717) is 35.3 Å². The number of hydrogen-bond acceptors (Lipinski definition) is 10. The van der Waals surface area contributed by atoms with Crippen molar-refractivity contribution in [2.75, 3.05) is 52.8 Å². The summed E-state index contributed by atoms with van der Waals surface area (Å²) in [5.74, 6) is 1.44. The number of nitrogens with one attached hydrogen (secondary N) is 3. The van der Waals surface area contributed by atoms with Gasteiger partial charge in [-0.1, -0.05) is 25.8 Å². The Morgan fingerprint density at radius 2 is 1.72 bits per heavy atom. The lowest BCUT2D eigenvalue weighted by Crippen LogP contribution is -2.25. The first-order valence-electron chi connectivity index (χ1n) is 13.2. The van der Waals surface area contributed by atoms with E-state index < -0.39 is 0 Å². The first-order valence-corrected chi connectivity index (χ1v) is 14.4. The van der Waals surface area contributed by atoms with Crippen molar-refractivity contribution < 1.29 is 9.63 Å². The second kappa shape index (κ2) is 14.5. The molecule has 210 valence electrons. The van der Waals surface area contributed by atoms with Crippen molar-refractivity contribution in [2.45, 2.75) is 47.5 Å². The molecule has 3 rings (SSSR count). The average molecular weight is 553 g/mol. The van der Waals surface area contributed by atoms with Crippen molar-refractivity contribution in [3.8, 4) is 0 Å². The van der Waals surface area contributed by atoms with E-state index in [1.807, 2.05) is 40.1 Å².